The van der Waals surface area contributed by atoms with Gasteiger partial charge in [0.05, 0.1) is 44.1 Å². The molecule has 3 heterocycles. The average Bonchev–Trinajstić information content (AvgIpc) is 3.43. The summed E-state index contributed by atoms with van der Waals surface area (Å²) in [5, 5.41) is 6.12. The number of rotatable bonds is 7. The summed E-state index contributed by atoms with van der Waals surface area (Å²) in [6, 6.07) is 6.82. The standard InChI is InChI=1S/C22H24ClN3O5S/c1-13-19(21(28)29-2)20(14-3-5-15(23)6-4-14)26-16(12-32-22(26)25-13)11-17(27)24-8-7-18-30-9-10-31-18/h3-6,12,18,20H,7-11H2,1-2H3,(H,24,27)/t20-/m0/s1. The van der Waals surface area contributed by atoms with Gasteiger partial charge >= 0.3 is 5.97 Å². The van der Waals surface area contributed by atoms with E-state index in [1.165, 1.54) is 18.9 Å². The molecule has 32 heavy (non-hydrogen) atoms. The zero-order chi connectivity index (χ0) is 22.7. The van der Waals surface area contributed by atoms with E-state index in [0.717, 1.165) is 11.3 Å². The van der Waals surface area contributed by atoms with Gasteiger partial charge in [0.1, 0.15) is 0 Å². The molecule has 1 saturated heterocycles. The fourth-order valence-corrected chi connectivity index (χ4v) is 4.92. The van der Waals surface area contributed by atoms with E-state index in [-0.39, 0.29) is 18.6 Å². The summed E-state index contributed by atoms with van der Waals surface area (Å²) in [6.07, 6.45) is 0.482. The van der Waals surface area contributed by atoms with Gasteiger partial charge in [-0.1, -0.05) is 35.5 Å². The smallest absolute Gasteiger partial charge is 0.338 e. The van der Waals surface area contributed by atoms with Gasteiger partial charge in [-0.3, -0.25) is 4.79 Å². The van der Waals surface area contributed by atoms with Crippen molar-refractivity contribution in [3.05, 3.63) is 57.2 Å². The van der Waals surface area contributed by atoms with Crippen molar-refractivity contribution in [1.29, 1.82) is 0 Å². The van der Waals surface area contributed by atoms with E-state index in [0.29, 0.717) is 47.6 Å². The van der Waals surface area contributed by atoms with Crippen molar-refractivity contribution < 1.29 is 23.8 Å². The quantitative estimate of drug-likeness (QED) is 0.602. The predicted molar refractivity (Wildman–Crippen MR) is 122 cm³/mol. The van der Waals surface area contributed by atoms with Crippen LogP contribution in [0, 0.1) is 0 Å². The van der Waals surface area contributed by atoms with Crippen LogP contribution in [-0.2, 0) is 23.8 Å². The van der Waals surface area contributed by atoms with Gasteiger partial charge in [0.2, 0.25) is 5.91 Å². The van der Waals surface area contributed by atoms with Gasteiger partial charge in [0.25, 0.3) is 0 Å². The fourth-order valence-electron chi connectivity index (χ4n) is 3.83. The highest BCUT2D eigenvalue weighted by Gasteiger charge is 2.40. The van der Waals surface area contributed by atoms with Gasteiger partial charge < -0.3 is 24.4 Å². The van der Waals surface area contributed by atoms with Crippen LogP contribution >= 0.6 is 23.4 Å². The lowest BCUT2D eigenvalue weighted by atomic mass is 9.94. The van der Waals surface area contributed by atoms with Crippen molar-refractivity contribution in [1.82, 2.24) is 10.2 Å². The van der Waals surface area contributed by atoms with Gasteiger partial charge in [-0.2, -0.15) is 0 Å². The zero-order valence-electron chi connectivity index (χ0n) is 17.8. The van der Waals surface area contributed by atoms with Crippen LogP contribution < -0.4 is 5.32 Å². The Balaban J connectivity index is 1.53. The predicted octanol–water partition coefficient (Wildman–Crippen LogP) is 3.36. The second-order valence-corrected chi connectivity index (χ2v) is 8.70. The molecule has 1 aromatic rings. The molecule has 1 atom stereocenters. The molecule has 0 bridgehead atoms. The Morgan fingerprint density at radius 2 is 2.00 bits per heavy atom. The van der Waals surface area contributed by atoms with Crippen molar-refractivity contribution in [2.24, 2.45) is 4.99 Å². The molecule has 0 aromatic heterocycles. The lowest BCUT2D eigenvalue weighted by molar-refractivity contribution is -0.136. The number of nitrogens with zero attached hydrogens (tertiary/aromatic N) is 2. The van der Waals surface area contributed by atoms with Crippen molar-refractivity contribution in [2.45, 2.75) is 32.1 Å². The number of carbonyl (C=O) groups excluding carboxylic acids is 2. The van der Waals surface area contributed by atoms with Gasteiger partial charge in [0, 0.05) is 23.7 Å². The van der Waals surface area contributed by atoms with Crippen LogP contribution in [0.25, 0.3) is 0 Å². The number of fused-ring (bicyclic) bond motifs is 1. The maximum absolute atomic E-state index is 12.7. The second-order valence-electron chi connectivity index (χ2n) is 7.42. The highest BCUT2D eigenvalue weighted by molar-refractivity contribution is 8.16. The maximum atomic E-state index is 12.7. The maximum Gasteiger partial charge on any atom is 0.338 e. The number of allylic oxidation sites excluding steroid dienone is 1. The number of esters is 1. The molecule has 4 rings (SSSR count). The normalized spacial score (nSPS) is 20.7. The topological polar surface area (TPSA) is 89.5 Å². The number of hydrogen-bond acceptors (Lipinski definition) is 8. The molecule has 10 heteroatoms. The lowest BCUT2D eigenvalue weighted by Crippen LogP contribution is -2.38. The van der Waals surface area contributed by atoms with Crippen molar-refractivity contribution in [2.75, 3.05) is 26.9 Å². The Hall–Kier alpha value is -2.33. The van der Waals surface area contributed by atoms with Gasteiger partial charge in [-0.05, 0) is 30.0 Å². The first-order valence-corrected chi connectivity index (χ1v) is 11.5. The Labute approximate surface area is 195 Å². The molecule has 0 spiro atoms. The van der Waals surface area contributed by atoms with E-state index in [9.17, 15) is 9.59 Å². The third kappa shape index (κ3) is 4.85. The Morgan fingerprint density at radius 1 is 1.28 bits per heavy atom. The lowest BCUT2D eigenvalue weighted by Gasteiger charge is -2.36. The first-order valence-electron chi connectivity index (χ1n) is 10.3. The fraction of sp³-hybridized carbons (Fsp3) is 0.409. The van der Waals surface area contributed by atoms with Crippen molar-refractivity contribution in [3.8, 4) is 0 Å². The average molecular weight is 478 g/mol. The number of amides is 1. The summed E-state index contributed by atoms with van der Waals surface area (Å²) in [5.41, 5.74) is 2.63. The summed E-state index contributed by atoms with van der Waals surface area (Å²) in [5.74, 6) is -0.584. The first-order chi connectivity index (χ1) is 15.5. The minimum atomic E-state index is -0.471. The van der Waals surface area contributed by atoms with Gasteiger partial charge in [-0.15, -0.1) is 0 Å². The third-order valence-electron chi connectivity index (χ3n) is 5.33. The Kier molecular flexibility index (Phi) is 7.20. The molecule has 0 saturated carbocycles. The van der Waals surface area contributed by atoms with Crippen molar-refractivity contribution in [3.63, 3.8) is 0 Å². The Morgan fingerprint density at radius 3 is 2.69 bits per heavy atom. The van der Waals surface area contributed by atoms with Crippen LogP contribution in [0.1, 0.15) is 31.4 Å². The molecule has 3 aliphatic heterocycles. The zero-order valence-corrected chi connectivity index (χ0v) is 19.4. The summed E-state index contributed by atoms with van der Waals surface area (Å²) in [7, 11) is 1.35. The number of hydrogen-bond donors (Lipinski definition) is 1. The Bertz CT molecular complexity index is 986. The van der Waals surface area contributed by atoms with Crippen LogP contribution in [0.4, 0.5) is 0 Å². The number of nitrogens with one attached hydrogen (secondary N) is 1. The molecule has 1 amide bonds. The molecular formula is C22H24ClN3O5S. The monoisotopic (exact) mass is 477 g/mol. The number of aliphatic imine (C=N–C) groups is 1. The van der Waals surface area contributed by atoms with E-state index in [1.807, 2.05) is 22.4 Å². The second kappa shape index (κ2) is 10.1. The molecule has 0 unspecified atom stereocenters. The van der Waals surface area contributed by atoms with Crippen LogP contribution in [0.15, 0.2) is 51.6 Å². The van der Waals surface area contributed by atoms with E-state index >= 15 is 0 Å². The summed E-state index contributed by atoms with van der Waals surface area (Å²) in [4.78, 5) is 31.8. The molecule has 1 fully saturated rings. The summed E-state index contributed by atoms with van der Waals surface area (Å²) < 4.78 is 15.8. The molecule has 0 aliphatic carbocycles. The highest BCUT2D eigenvalue weighted by atomic mass is 35.5. The van der Waals surface area contributed by atoms with E-state index < -0.39 is 12.0 Å². The molecule has 170 valence electrons. The minimum absolute atomic E-state index is 0.128. The molecule has 1 N–H and O–H groups in total. The van der Waals surface area contributed by atoms with Gasteiger partial charge in [-0.25, -0.2) is 9.79 Å². The largest absolute Gasteiger partial charge is 0.466 e. The number of methoxy groups -OCH3 is 1. The number of ether oxygens (including phenoxy) is 3. The SMILES string of the molecule is COC(=O)C1=C(C)N=C2SC=C(CC(=O)NCCC3OCCO3)N2[C@H]1c1ccc(Cl)cc1. The summed E-state index contributed by atoms with van der Waals surface area (Å²) in [6.45, 7) is 3.42. The van der Waals surface area contributed by atoms with Crippen LogP contribution in [0.3, 0.4) is 0 Å². The number of amidine groups is 1. The number of carbonyl (C=O) groups is 2. The minimum Gasteiger partial charge on any atom is -0.466 e. The first kappa shape index (κ1) is 22.8. The van der Waals surface area contributed by atoms with Crippen LogP contribution in [0.2, 0.25) is 5.02 Å². The summed E-state index contributed by atoms with van der Waals surface area (Å²) >= 11 is 7.51. The molecule has 0 radical (unpaired) electrons. The van der Waals surface area contributed by atoms with E-state index in [4.69, 9.17) is 25.8 Å². The van der Waals surface area contributed by atoms with E-state index in [1.54, 1.807) is 19.1 Å². The molecule has 8 nitrogen and oxygen atoms in total. The molecule has 3 aliphatic rings. The number of benzene rings is 1. The number of thioether (sulfide) groups is 1. The molecular weight excluding hydrogens is 454 g/mol. The number of halogens is 1. The van der Waals surface area contributed by atoms with Crippen molar-refractivity contribution >= 4 is 40.4 Å². The van der Waals surface area contributed by atoms with E-state index in [2.05, 4.69) is 10.3 Å². The highest BCUT2D eigenvalue weighted by Crippen LogP contribution is 2.44. The van der Waals surface area contributed by atoms with Gasteiger partial charge in [0.15, 0.2) is 11.5 Å². The third-order valence-corrected chi connectivity index (χ3v) is 6.47. The molecule has 1 aromatic carbocycles. The van der Waals surface area contributed by atoms with Crippen LogP contribution in [-0.4, -0.2) is 55.1 Å². The van der Waals surface area contributed by atoms with Crippen LogP contribution in [0.5, 0.6) is 0 Å².